The molecule has 1 fully saturated rings. The van der Waals surface area contributed by atoms with E-state index in [0.717, 1.165) is 42.6 Å². The van der Waals surface area contributed by atoms with Gasteiger partial charge < -0.3 is 9.80 Å². The number of hydrogen-bond acceptors (Lipinski definition) is 3. The Labute approximate surface area is 132 Å². The van der Waals surface area contributed by atoms with Crippen molar-refractivity contribution in [2.75, 3.05) is 38.1 Å². The van der Waals surface area contributed by atoms with Gasteiger partial charge >= 0.3 is 0 Å². The topological polar surface area (TPSA) is 20.6 Å². The summed E-state index contributed by atoms with van der Waals surface area (Å²) in [5.41, 5.74) is 1.87. The van der Waals surface area contributed by atoms with Crippen LogP contribution in [0.1, 0.15) is 0 Å². The van der Waals surface area contributed by atoms with E-state index < -0.39 is 0 Å². The molecule has 3 rings (SSSR count). The van der Waals surface area contributed by atoms with Crippen LogP contribution in [0, 0.1) is 0 Å². The van der Waals surface area contributed by atoms with Crippen LogP contribution in [-0.2, 0) is 0 Å². The number of thiazole rings is 1. The SMILES string of the molecule is C[NH+]1CCN(c2nc(-c3ccc(Cl)cc3Cl)cs2)CC1. The predicted molar refractivity (Wildman–Crippen MR) is 86.4 cm³/mol. The molecule has 1 aromatic heterocycles. The maximum Gasteiger partial charge on any atom is 0.186 e. The molecule has 1 N–H and O–H groups in total. The maximum atomic E-state index is 6.24. The first-order valence-corrected chi connectivity index (χ1v) is 8.24. The van der Waals surface area contributed by atoms with Gasteiger partial charge in [0.1, 0.15) is 0 Å². The third-order valence-electron chi connectivity index (χ3n) is 3.59. The van der Waals surface area contributed by atoms with Crippen LogP contribution in [0.15, 0.2) is 23.6 Å². The van der Waals surface area contributed by atoms with Crippen molar-refractivity contribution in [2.24, 2.45) is 0 Å². The van der Waals surface area contributed by atoms with Crippen molar-refractivity contribution in [2.45, 2.75) is 0 Å². The van der Waals surface area contributed by atoms with E-state index in [9.17, 15) is 0 Å². The van der Waals surface area contributed by atoms with Crippen LogP contribution >= 0.6 is 34.5 Å². The minimum Gasteiger partial charge on any atom is -0.337 e. The summed E-state index contributed by atoms with van der Waals surface area (Å²) in [6.07, 6.45) is 0. The third-order valence-corrected chi connectivity index (χ3v) is 5.04. The van der Waals surface area contributed by atoms with Crippen molar-refractivity contribution in [3.63, 3.8) is 0 Å². The fourth-order valence-corrected chi connectivity index (χ4v) is 3.69. The van der Waals surface area contributed by atoms with Gasteiger partial charge in [0.25, 0.3) is 0 Å². The molecule has 106 valence electrons. The van der Waals surface area contributed by atoms with E-state index in [1.165, 1.54) is 0 Å². The van der Waals surface area contributed by atoms with Crippen LogP contribution in [-0.4, -0.2) is 38.2 Å². The Kier molecular flexibility index (Phi) is 4.17. The number of benzene rings is 1. The molecule has 0 spiro atoms. The van der Waals surface area contributed by atoms with Crippen LogP contribution in [0.5, 0.6) is 0 Å². The lowest BCUT2D eigenvalue weighted by Crippen LogP contribution is -3.12. The van der Waals surface area contributed by atoms with Gasteiger partial charge in [0, 0.05) is 16.0 Å². The summed E-state index contributed by atoms with van der Waals surface area (Å²) >= 11 is 13.9. The van der Waals surface area contributed by atoms with Crippen LogP contribution in [0.25, 0.3) is 11.3 Å². The number of nitrogens with zero attached hydrogens (tertiary/aromatic N) is 2. The lowest BCUT2D eigenvalue weighted by molar-refractivity contribution is -0.880. The first-order chi connectivity index (χ1) is 9.63. The van der Waals surface area contributed by atoms with E-state index in [4.69, 9.17) is 28.2 Å². The molecule has 3 nitrogen and oxygen atoms in total. The van der Waals surface area contributed by atoms with E-state index in [1.807, 2.05) is 12.1 Å². The van der Waals surface area contributed by atoms with Gasteiger partial charge in [-0.25, -0.2) is 4.98 Å². The number of likely N-dealkylation sites (N-methyl/N-ethyl adjacent to an activating group) is 1. The smallest absolute Gasteiger partial charge is 0.186 e. The minimum absolute atomic E-state index is 0.649. The molecule has 0 unspecified atom stereocenters. The van der Waals surface area contributed by atoms with Crippen molar-refractivity contribution in [3.8, 4) is 11.3 Å². The number of hydrogen-bond donors (Lipinski definition) is 1. The van der Waals surface area contributed by atoms with Gasteiger partial charge in [-0.15, -0.1) is 11.3 Å². The highest BCUT2D eigenvalue weighted by Crippen LogP contribution is 2.33. The second-order valence-electron chi connectivity index (χ2n) is 5.08. The number of nitrogens with one attached hydrogen (secondary N) is 1. The van der Waals surface area contributed by atoms with Gasteiger partial charge in [-0.1, -0.05) is 23.2 Å². The average molecular weight is 329 g/mol. The molecule has 0 aliphatic carbocycles. The van der Waals surface area contributed by atoms with Crippen molar-refractivity contribution < 1.29 is 4.90 Å². The molecule has 20 heavy (non-hydrogen) atoms. The molecule has 1 aliphatic rings. The van der Waals surface area contributed by atoms with Gasteiger partial charge in [-0.05, 0) is 18.2 Å². The quantitative estimate of drug-likeness (QED) is 0.914. The predicted octanol–water partition coefficient (Wildman–Crippen LogP) is 2.45. The normalized spacial score (nSPS) is 16.6. The number of piperazine rings is 1. The molecule has 1 aromatic carbocycles. The molecule has 0 amide bonds. The molecule has 0 radical (unpaired) electrons. The van der Waals surface area contributed by atoms with Gasteiger partial charge in [-0.3, -0.25) is 0 Å². The number of halogens is 2. The molecule has 6 heteroatoms. The summed E-state index contributed by atoms with van der Waals surface area (Å²) in [7, 11) is 2.23. The van der Waals surface area contributed by atoms with E-state index in [0.29, 0.717) is 10.0 Å². The van der Waals surface area contributed by atoms with Crippen molar-refractivity contribution >= 4 is 39.7 Å². The van der Waals surface area contributed by atoms with Crippen LogP contribution in [0.3, 0.4) is 0 Å². The summed E-state index contributed by atoms with van der Waals surface area (Å²) in [5.74, 6) is 0. The molecule has 1 saturated heterocycles. The van der Waals surface area contributed by atoms with E-state index in [1.54, 1.807) is 22.3 Å². The summed E-state index contributed by atoms with van der Waals surface area (Å²) in [5, 5.41) is 4.45. The van der Waals surface area contributed by atoms with E-state index in [-0.39, 0.29) is 0 Å². The Morgan fingerprint density at radius 2 is 2.00 bits per heavy atom. The standard InChI is InChI=1S/C14H15Cl2N3S/c1-18-4-6-19(7-5-18)14-17-13(9-20-14)11-3-2-10(15)8-12(11)16/h2-3,8-9H,4-7H2,1H3/p+1. The minimum atomic E-state index is 0.649. The fourth-order valence-electron chi connectivity index (χ4n) is 2.31. The van der Waals surface area contributed by atoms with Gasteiger partial charge in [0.2, 0.25) is 0 Å². The Hall–Kier alpha value is -0.810. The van der Waals surface area contributed by atoms with E-state index >= 15 is 0 Å². The molecule has 2 heterocycles. The zero-order valence-corrected chi connectivity index (χ0v) is 13.5. The molecule has 2 aromatic rings. The lowest BCUT2D eigenvalue weighted by Gasteiger charge is -2.29. The fraction of sp³-hybridized carbons (Fsp3) is 0.357. The Bertz CT molecular complexity index is 606. The first kappa shape index (κ1) is 14.1. The molecule has 0 bridgehead atoms. The number of rotatable bonds is 2. The number of quaternary nitrogens is 1. The van der Waals surface area contributed by atoms with Gasteiger partial charge in [0.15, 0.2) is 5.13 Å². The summed E-state index contributed by atoms with van der Waals surface area (Å²) in [6, 6.07) is 5.54. The first-order valence-electron chi connectivity index (χ1n) is 6.60. The summed E-state index contributed by atoms with van der Waals surface area (Å²) in [6.45, 7) is 4.45. The van der Waals surface area contributed by atoms with Crippen molar-refractivity contribution in [3.05, 3.63) is 33.6 Å². The monoisotopic (exact) mass is 328 g/mol. The highest BCUT2D eigenvalue weighted by Gasteiger charge is 2.20. The highest BCUT2D eigenvalue weighted by molar-refractivity contribution is 7.14. The summed E-state index contributed by atoms with van der Waals surface area (Å²) < 4.78 is 0. The second-order valence-corrected chi connectivity index (χ2v) is 6.76. The van der Waals surface area contributed by atoms with Crippen molar-refractivity contribution in [1.29, 1.82) is 0 Å². The molecular weight excluding hydrogens is 313 g/mol. The number of aromatic nitrogens is 1. The second kappa shape index (κ2) is 5.90. The van der Waals surface area contributed by atoms with Crippen LogP contribution < -0.4 is 9.80 Å². The molecule has 0 saturated carbocycles. The zero-order chi connectivity index (χ0) is 14.1. The maximum absolute atomic E-state index is 6.24. The van der Waals surface area contributed by atoms with Crippen LogP contribution in [0.2, 0.25) is 10.0 Å². The molecular formula is C14H16Cl2N3S+. The van der Waals surface area contributed by atoms with Gasteiger partial charge in [-0.2, -0.15) is 0 Å². The lowest BCUT2D eigenvalue weighted by atomic mass is 10.2. The van der Waals surface area contributed by atoms with Crippen LogP contribution in [0.4, 0.5) is 5.13 Å². The van der Waals surface area contributed by atoms with Gasteiger partial charge in [0.05, 0.1) is 43.9 Å². The van der Waals surface area contributed by atoms with Crippen molar-refractivity contribution in [1.82, 2.24) is 4.98 Å². The zero-order valence-electron chi connectivity index (χ0n) is 11.2. The molecule has 0 atom stereocenters. The Morgan fingerprint density at radius 1 is 1.25 bits per heavy atom. The summed E-state index contributed by atoms with van der Waals surface area (Å²) in [4.78, 5) is 8.66. The average Bonchev–Trinajstić information content (AvgIpc) is 2.89. The molecule has 1 aliphatic heterocycles. The Balaban J connectivity index is 1.83. The largest absolute Gasteiger partial charge is 0.337 e. The van der Waals surface area contributed by atoms with E-state index in [2.05, 4.69) is 17.3 Å². The highest BCUT2D eigenvalue weighted by atomic mass is 35.5. The Morgan fingerprint density at radius 3 is 2.70 bits per heavy atom. The number of anilines is 1. The third kappa shape index (κ3) is 2.93.